The van der Waals surface area contributed by atoms with Crippen molar-refractivity contribution in [3.63, 3.8) is 0 Å². The van der Waals surface area contributed by atoms with Crippen LogP contribution in [0.3, 0.4) is 0 Å². The highest BCUT2D eigenvalue weighted by molar-refractivity contribution is 7.14. The van der Waals surface area contributed by atoms with Crippen molar-refractivity contribution in [2.24, 2.45) is 7.05 Å². The van der Waals surface area contributed by atoms with Gasteiger partial charge in [-0.25, -0.2) is 4.98 Å². The molecule has 0 aliphatic heterocycles. The summed E-state index contributed by atoms with van der Waals surface area (Å²) in [5, 5.41) is 3.17. The maximum Gasteiger partial charge on any atom is 0.185 e. The van der Waals surface area contributed by atoms with Crippen LogP contribution >= 0.6 is 11.3 Å². The SMILES string of the molecule is Cc1cc(-c2csc(N(C)C)n2)c(C)n1C. The lowest BCUT2D eigenvalue weighted by atomic mass is 10.2. The molecule has 2 aromatic rings. The first-order valence-electron chi connectivity index (χ1n) is 5.27. The Morgan fingerprint density at radius 3 is 2.44 bits per heavy atom. The average Bonchev–Trinajstić information content (AvgIpc) is 2.79. The van der Waals surface area contributed by atoms with Crippen molar-refractivity contribution in [3.8, 4) is 11.3 Å². The van der Waals surface area contributed by atoms with Gasteiger partial charge in [-0.15, -0.1) is 11.3 Å². The highest BCUT2D eigenvalue weighted by Gasteiger charge is 2.12. The molecule has 3 nitrogen and oxygen atoms in total. The topological polar surface area (TPSA) is 21.1 Å². The zero-order valence-corrected chi connectivity index (χ0v) is 11.2. The van der Waals surface area contributed by atoms with Gasteiger partial charge in [0.1, 0.15) is 0 Å². The highest BCUT2D eigenvalue weighted by atomic mass is 32.1. The quantitative estimate of drug-likeness (QED) is 0.798. The molecule has 2 heterocycles. The number of aromatic nitrogens is 2. The highest BCUT2D eigenvalue weighted by Crippen LogP contribution is 2.30. The first-order valence-corrected chi connectivity index (χ1v) is 6.15. The van der Waals surface area contributed by atoms with Crippen molar-refractivity contribution in [3.05, 3.63) is 22.8 Å². The van der Waals surface area contributed by atoms with Crippen LogP contribution in [-0.2, 0) is 7.05 Å². The normalized spacial score (nSPS) is 10.8. The number of thiazole rings is 1. The summed E-state index contributed by atoms with van der Waals surface area (Å²) in [6.07, 6.45) is 0. The standard InChI is InChI=1S/C12H17N3S/c1-8-6-10(9(2)15(8)5)11-7-16-12(13-11)14(3)4/h6-7H,1-5H3. The van der Waals surface area contributed by atoms with E-state index in [0.717, 1.165) is 10.8 Å². The lowest BCUT2D eigenvalue weighted by Gasteiger charge is -2.05. The van der Waals surface area contributed by atoms with Gasteiger partial charge in [0.2, 0.25) is 0 Å². The second-order valence-corrected chi connectivity index (χ2v) is 5.09. The maximum atomic E-state index is 4.63. The van der Waals surface area contributed by atoms with Crippen molar-refractivity contribution in [1.82, 2.24) is 9.55 Å². The molecular weight excluding hydrogens is 218 g/mol. The molecule has 4 heteroatoms. The number of hydrogen-bond acceptors (Lipinski definition) is 3. The molecule has 0 fully saturated rings. The van der Waals surface area contributed by atoms with Gasteiger partial charge in [0.25, 0.3) is 0 Å². The molecule has 0 bridgehead atoms. The molecule has 0 aromatic carbocycles. The van der Waals surface area contributed by atoms with Gasteiger partial charge >= 0.3 is 0 Å². The minimum atomic E-state index is 1.05. The fourth-order valence-electron chi connectivity index (χ4n) is 1.71. The third kappa shape index (κ3) is 1.73. The van der Waals surface area contributed by atoms with Crippen LogP contribution in [0, 0.1) is 13.8 Å². The lowest BCUT2D eigenvalue weighted by Crippen LogP contribution is -2.07. The van der Waals surface area contributed by atoms with Gasteiger partial charge in [-0.1, -0.05) is 0 Å². The fourth-order valence-corrected chi connectivity index (χ4v) is 2.47. The van der Waals surface area contributed by atoms with Crippen LogP contribution in [0.25, 0.3) is 11.3 Å². The minimum absolute atomic E-state index is 1.05. The van der Waals surface area contributed by atoms with Gasteiger partial charge < -0.3 is 9.47 Å². The molecule has 0 aliphatic rings. The molecule has 2 aromatic heterocycles. The van der Waals surface area contributed by atoms with E-state index in [4.69, 9.17) is 0 Å². The summed E-state index contributed by atoms with van der Waals surface area (Å²) in [7, 11) is 6.13. The molecule has 0 unspecified atom stereocenters. The Kier molecular flexibility index (Phi) is 2.76. The summed E-state index contributed by atoms with van der Waals surface area (Å²) < 4.78 is 2.20. The van der Waals surface area contributed by atoms with Crippen LogP contribution in [0.5, 0.6) is 0 Å². The lowest BCUT2D eigenvalue weighted by molar-refractivity contribution is 0.845. The van der Waals surface area contributed by atoms with E-state index in [9.17, 15) is 0 Å². The first kappa shape index (κ1) is 11.2. The molecule has 16 heavy (non-hydrogen) atoms. The smallest absolute Gasteiger partial charge is 0.185 e. The van der Waals surface area contributed by atoms with E-state index in [1.807, 2.05) is 19.0 Å². The monoisotopic (exact) mass is 235 g/mol. The van der Waals surface area contributed by atoms with Gasteiger partial charge in [-0.3, -0.25) is 0 Å². The summed E-state index contributed by atoms with van der Waals surface area (Å²) in [5.74, 6) is 0. The first-order chi connectivity index (χ1) is 7.50. The van der Waals surface area contributed by atoms with Crippen molar-refractivity contribution in [2.75, 3.05) is 19.0 Å². The molecule has 0 aliphatic carbocycles. The molecule has 0 spiro atoms. The van der Waals surface area contributed by atoms with Crippen LogP contribution in [0.2, 0.25) is 0 Å². The predicted octanol–water partition coefficient (Wildman–Crippen LogP) is 2.83. The van der Waals surface area contributed by atoms with Gasteiger partial charge in [-0.05, 0) is 19.9 Å². The minimum Gasteiger partial charge on any atom is -0.354 e. The van der Waals surface area contributed by atoms with Crippen LogP contribution in [0.4, 0.5) is 5.13 Å². The largest absolute Gasteiger partial charge is 0.354 e. The molecule has 0 amide bonds. The third-order valence-corrected chi connectivity index (χ3v) is 3.93. The second kappa shape index (κ2) is 3.94. The van der Waals surface area contributed by atoms with Gasteiger partial charge in [0, 0.05) is 43.5 Å². The number of aryl methyl sites for hydroxylation is 1. The van der Waals surface area contributed by atoms with Gasteiger partial charge in [0.05, 0.1) is 5.69 Å². The zero-order chi connectivity index (χ0) is 11.9. The number of rotatable bonds is 2. The maximum absolute atomic E-state index is 4.63. The van der Waals surface area contributed by atoms with Crippen LogP contribution in [0.1, 0.15) is 11.4 Å². The molecule has 86 valence electrons. The molecule has 0 N–H and O–H groups in total. The van der Waals surface area contributed by atoms with Crippen LogP contribution in [-0.4, -0.2) is 23.6 Å². The summed E-state index contributed by atoms with van der Waals surface area (Å²) in [6, 6.07) is 2.20. The molecule has 0 atom stereocenters. The Morgan fingerprint density at radius 2 is 2.00 bits per heavy atom. The van der Waals surface area contributed by atoms with Crippen molar-refractivity contribution < 1.29 is 0 Å². The van der Waals surface area contributed by atoms with Crippen LogP contribution in [0.15, 0.2) is 11.4 Å². The summed E-state index contributed by atoms with van der Waals surface area (Å²) in [4.78, 5) is 6.67. The summed E-state index contributed by atoms with van der Waals surface area (Å²) in [5.41, 5.74) is 4.86. The van der Waals surface area contributed by atoms with Crippen LogP contribution < -0.4 is 4.90 Å². The van der Waals surface area contributed by atoms with E-state index in [-0.39, 0.29) is 0 Å². The Morgan fingerprint density at radius 1 is 1.31 bits per heavy atom. The van der Waals surface area contributed by atoms with E-state index < -0.39 is 0 Å². The Balaban J connectivity index is 2.46. The van der Waals surface area contributed by atoms with E-state index in [1.54, 1.807) is 11.3 Å². The third-order valence-electron chi connectivity index (χ3n) is 2.93. The van der Waals surface area contributed by atoms with E-state index in [1.165, 1.54) is 17.0 Å². The van der Waals surface area contributed by atoms with E-state index in [2.05, 4.69) is 41.9 Å². The van der Waals surface area contributed by atoms with Crippen molar-refractivity contribution in [2.45, 2.75) is 13.8 Å². The summed E-state index contributed by atoms with van der Waals surface area (Å²) >= 11 is 1.68. The summed E-state index contributed by atoms with van der Waals surface area (Å²) in [6.45, 7) is 4.26. The number of nitrogens with zero attached hydrogens (tertiary/aromatic N) is 3. The molecule has 2 rings (SSSR count). The van der Waals surface area contributed by atoms with Gasteiger partial charge in [0.15, 0.2) is 5.13 Å². The Bertz CT molecular complexity index is 508. The molecule has 0 saturated carbocycles. The molecule has 0 saturated heterocycles. The molecular formula is C12H17N3S. The Hall–Kier alpha value is -1.29. The zero-order valence-electron chi connectivity index (χ0n) is 10.4. The second-order valence-electron chi connectivity index (χ2n) is 4.25. The predicted molar refractivity (Wildman–Crippen MR) is 70.3 cm³/mol. The number of anilines is 1. The van der Waals surface area contributed by atoms with Gasteiger partial charge in [-0.2, -0.15) is 0 Å². The molecule has 0 radical (unpaired) electrons. The average molecular weight is 235 g/mol. The fraction of sp³-hybridized carbons (Fsp3) is 0.417. The van der Waals surface area contributed by atoms with Crippen molar-refractivity contribution >= 4 is 16.5 Å². The Labute approximate surface area is 100 Å². The number of hydrogen-bond donors (Lipinski definition) is 0. The van der Waals surface area contributed by atoms with E-state index >= 15 is 0 Å². The van der Waals surface area contributed by atoms with E-state index in [0.29, 0.717) is 0 Å². The van der Waals surface area contributed by atoms with Crippen molar-refractivity contribution in [1.29, 1.82) is 0 Å².